The van der Waals surface area contributed by atoms with Crippen LogP contribution in [0.1, 0.15) is 54.4 Å². The normalized spacial score (nSPS) is 14.3. The van der Waals surface area contributed by atoms with Gasteiger partial charge < -0.3 is 15.2 Å². The minimum atomic E-state index is -0.272. The quantitative estimate of drug-likeness (QED) is 0.634. The van der Waals surface area contributed by atoms with Crippen molar-refractivity contribution in [3.8, 4) is 0 Å². The summed E-state index contributed by atoms with van der Waals surface area (Å²) in [7, 11) is 0. The molecule has 114 valence electrons. The standard InChI is InChI=1S/C15H31NO3/c1-12(17)9-14(3,4)7-8-19-11-15(5,6)10-16-13(2)18/h12,17H,7-11H2,1-6H3,(H,16,18). The van der Waals surface area contributed by atoms with E-state index < -0.39 is 0 Å². The highest BCUT2D eigenvalue weighted by Crippen LogP contribution is 2.27. The average molecular weight is 273 g/mol. The van der Waals surface area contributed by atoms with Crippen LogP contribution in [0.25, 0.3) is 0 Å². The molecule has 1 atom stereocenters. The van der Waals surface area contributed by atoms with Crippen LogP contribution in [0.3, 0.4) is 0 Å². The number of hydrogen-bond acceptors (Lipinski definition) is 3. The zero-order chi connectivity index (χ0) is 15.1. The summed E-state index contributed by atoms with van der Waals surface area (Å²) in [6, 6.07) is 0. The van der Waals surface area contributed by atoms with E-state index in [9.17, 15) is 9.90 Å². The van der Waals surface area contributed by atoms with Crippen LogP contribution < -0.4 is 5.32 Å². The smallest absolute Gasteiger partial charge is 0.216 e. The Kier molecular flexibility index (Phi) is 7.60. The SMILES string of the molecule is CC(=O)NCC(C)(C)COCCC(C)(C)CC(C)O. The second kappa shape index (κ2) is 7.85. The van der Waals surface area contributed by atoms with E-state index in [0.29, 0.717) is 19.8 Å². The number of hydrogen-bond donors (Lipinski definition) is 2. The molecule has 0 aromatic rings. The third-order valence-corrected chi connectivity index (χ3v) is 3.08. The van der Waals surface area contributed by atoms with Gasteiger partial charge in [0, 0.05) is 25.5 Å². The first-order valence-electron chi connectivity index (χ1n) is 7.04. The summed E-state index contributed by atoms with van der Waals surface area (Å²) in [6.07, 6.45) is 1.44. The Morgan fingerprint density at radius 2 is 1.84 bits per heavy atom. The molecule has 0 aromatic carbocycles. The molecule has 0 saturated carbocycles. The monoisotopic (exact) mass is 273 g/mol. The van der Waals surface area contributed by atoms with Gasteiger partial charge in [0.05, 0.1) is 12.7 Å². The largest absolute Gasteiger partial charge is 0.393 e. The molecule has 0 heterocycles. The van der Waals surface area contributed by atoms with Crippen LogP contribution in [0.5, 0.6) is 0 Å². The van der Waals surface area contributed by atoms with E-state index in [-0.39, 0.29) is 22.8 Å². The number of rotatable bonds is 9. The van der Waals surface area contributed by atoms with E-state index in [2.05, 4.69) is 33.0 Å². The fourth-order valence-electron chi connectivity index (χ4n) is 2.01. The second-order valence-electron chi connectivity index (χ2n) is 7.09. The maximum atomic E-state index is 10.9. The lowest BCUT2D eigenvalue weighted by atomic mass is 9.84. The van der Waals surface area contributed by atoms with Crippen LogP contribution in [0.2, 0.25) is 0 Å². The second-order valence-corrected chi connectivity index (χ2v) is 7.09. The molecule has 0 aliphatic rings. The van der Waals surface area contributed by atoms with Crippen LogP contribution in [-0.4, -0.2) is 36.9 Å². The summed E-state index contributed by atoms with van der Waals surface area (Å²) in [5, 5.41) is 12.2. The van der Waals surface area contributed by atoms with Crippen LogP contribution in [0.15, 0.2) is 0 Å². The summed E-state index contributed by atoms with van der Waals surface area (Å²) in [5.74, 6) is -0.00820. The number of nitrogens with one attached hydrogen (secondary N) is 1. The molecule has 0 aromatic heterocycles. The molecule has 0 bridgehead atoms. The minimum absolute atomic E-state index is 0.00820. The molecule has 19 heavy (non-hydrogen) atoms. The van der Waals surface area contributed by atoms with Gasteiger partial charge in [0.15, 0.2) is 0 Å². The van der Waals surface area contributed by atoms with Gasteiger partial charge in [-0.2, -0.15) is 0 Å². The highest BCUT2D eigenvalue weighted by Gasteiger charge is 2.22. The van der Waals surface area contributed by atoms with Crippen molar-refractivity contribution in [3.63, 3.8) is 0 Å². The lowest BCUT2D eigenvalue weighted by Crippen LogP contribution is -2.35. The first kappa shape index (κ1) is 18.4. The molecule has 1 amide bonds. The van der Waals surface area contributed by atoms with Gasteiger partial charge in [0.1, 0.15) is 0 Å². The van der Waals surface area contributed by atoms with E-state index in [4.69, 9.17) is 4.74 Å². The fraction of sp³-hybridized carbons (Fsp3) is 0.933. The van der Waals surface area contributed by atoms with Gasteiger partial charge in [0.25, 0.3) is 0 Å². The van der Waals surface area contributed by atoms with E-state index in [1.807, 2.05) is 6.92 Å². The molecule has 4 nitrogen and oxygen atoms in total. The molecule has 0 saturated heterocycles. The molecule has 0 fully saturated rings. The number of aliphatic hydroxyl groups excluding tert-OH is 1. The number of amides is 1. The molecule has 0 aliphatic heterocycles. The van der Waals surface area contributed by atoms with Crippen LogP contribution in [0, 0.1) is 10.8 Å². The van der Waals surface area contributed by atoms with Crippen molar-refractivity contribution < 1.29 is 14.6 Å². The minimum Gasteiger partial charge on any atom is -0.393 e. The van der Waals surface area contributed by atoms with Crippen LogP contribution in [0.4, 0.5) is 0 Å². The Bertz CT molecular complexity index is 273. The van der Waals surface area contributed by atoms with Gasteiger partial charge in [-0.05, 0) is 25.2 Å². The number of carbonyl (C=O) groups is 1. The first-order chi connectivity index (χ1) is 8.54. The molecule has 0 radical (unpaired) electrons. The van der Waals surface area contributed by atoms with Gasteiger partial charge >= 0.3 is 0 Å². The molecule has 0 aliphatic carbocycles. The molecule has 2 N–H and O–H groups in total. The topological polar surface area (TPSA) is 58.6 Å². The van der Waals surface area contributed by atoms with Gasteiger partial charge in [-0.1, -0.05) is 27.7 Å². The number of carbonyl (C=O) groups excluding carboxylic acids is 1. The molecular formula is C15H31NO3. The number of aliphatic hydroxyl groups is 1. The zero-order valence-electron chi connectivity index (χ0n) is 13.4. The third-order valence-electron chi connectivity index (χ3n) is 3.08. The molecular weight excluding hydrogens is 242 g/mol. The van der Waals surface area contributed by atoms with E-state index in [1.165, 1.54) is 6.92 Å². The Morgan fingerprint density at radius 1 is 1.26 bits per heavy atom. The Morgan fingerprint density at radius 3 is 2.32 bits per heavy atom. The Labute approximate surface area is 117 Å². The highest BCUT2D eigenvalue weighted by atomic mass is 16.5. The molecule has 4 heteroatoms. The molecule has 0 rings (SSSR count). The lowest BCUT2D eigenvalue weighted by molar-refractivity contribution is -0.119. The average Bonchev–Trinajstić information content (AvgIpc) is 2.20. The van der Waals surface area contributed by atoms with E-state index in [1.54, 1.807) is 0 Å². The van der Waals surface area contributed by atoms with E-state index in [0.717, 1.165) is 12.8 Å². The maximum Gasteiger partial charge on any atom is 0.216 e. The van der Waals surface area contributed by atoms with Gasteiger partial charge in [-0.3, -0.25) is 4.79 Å². The zero-order valence-corrected chi connectivity index (χ0v) is 13.4. The van der Waals surface area contributed by atoms with Gasteiger partial charge in [-0.25, -0.2) is 0 Å². The van der Waals surface area contributed by atoms with Crippen molar-refractivity contribution in [1.29, 1.82) is 0 Å². The number of ether oxygens (including phenoxy) is 1. The summed E-state index contributed by atoms with van der Waals surface area (Å²) in [6.45, 7) is 13.7. The lowest BCUT2D eigenvalue weighted by Gasteiger charge is -2.28. The molecule has 0 spiro atoms. The summed E-state index contributed by atoms with van der Waals surface area (Å²) < 4.78 is 5.72. The maximum absolute atomic E-state index is 10.9. The van der Waals surface area contributed by atoms with Crippen molar-refractivity contribution >= 4 is 5.91 Å². The predicted molar refractivity (Wildman–Crippen MR) is 78.0 cm³/mol. The fourth-order valence-corrected chi connectivity index (χ4v) is 2.01. The van der Waals surface area contributed by atoms with Crippen molar-refractivity contribution in [2.75, 3.05) is 19.8 Å². The van der Waals surface area contributed by atoms with Crippen molar-refractivity contribution in [2.45, 2.75) is 60.5 Å². The summed E-state index contributed by atoms with van der Waals surface area (Å²) in [4.78, 5) is 10.9. The van der Waals surface area contributed by atoms with E-state index >= 15 is 0 Å². The Hall–Kier alpha value is -0.610. The van der Waals surface area contributed by atoms with Crippen molar-refractivity contribution in [1.82, 2.24) is 5.32 Å². The van der Waals surface area contributed by atoms with Gasteiger partial charge in [0.2, 0.25) is 5.91 Å². The molecule has 1 unspecified atom stereocenters. The Balaban J connectivity index is 3.87. The first-order valence-corrected chi connectivity index (χ1v) is 7.04. The van der Waals surface area contributed by atoms with Gasteiger partial charge in [-0.15, -0.1) is 0 Å². The van der Waals surface area contributed by atoms with Crippen molar-refractivity contribution in [3.05, 3.63) is 0 Å². The van der Waals surface area contributed by atoms with Crippen LogP contribution >= 0.6 is 0 Å². The third kappa shape index (κ3) is 11.0. The summed E-state index contributed by atoms with van der Waals surface area (Å²) >= 11 is 0. The van der Waals surface area contributed by atoms with Crippen LogP contribution in [-0.2, 0) is 9.53 Å². The predicted octanol–water partition coefficient (Wildman–Crippen LogP) is 2.35. The summed E-state index contributed by atoms with van der Waals surface area (Å²) in [5.41, 5.74) is 0.0377. The highest BCUT2D eigenvalue weighted by molar-refractivity contribution is 5.72. The van der Waals surface area contributed by atoms with Crippen molar-refractivity contribution in [2.24, 2.45) is 10.8 Å².